The average Bonchev–Trinajstić information content (AvgIpc) is 2.48. The van der Waals surface area contributed by atoms with Gasteiger partial charge in [-0.2, -0.15) is 0 Å². The van der Waals surface area contributed by atoms with E-state index >= 15 is 0 Å². The molecule has 2 atom stereocenters. The van der Waals surface area contributed by atoms with Crippen LogP contribution in [0.15, 0.2) is 12.3 Å². The molecule has 0 saturated carbocycles. The minimum atomic E-state index is -3.60. The Morgan fingerprint density at radius 1 is 1.45 bits per heavy atom. The summed E-state index contributed by atoms with van der Waals surface area (Å²) in [4.78, 5) is 17.5. The molecule has 0 aliphatic carbocycles. The summed E-state index contributed by atoms with van der Waals surface area (Å²) in [7, 11) is -3.60. The summed E-state index contributed by atoms with van der Waals surface area (Å²) < 4.78 is 27.8. The fourth-order valence-electron chi connectivity index (χ4n) is 2.01. The van der Waals surface area contributed by atoms with Crippen LogP contribution >= 0.6 is 0 Å². The van der Waals surface area contributed by atoms with Crippen LogP contribution < -0.4 is 10.8 Å². The number of nitrogens with one attached hydrogen (secondary N) is 2. The number of carbonyl (C=O) groups is 1. The van der Waals surface area contributed by atoms with E-state index in [1.807, 2.05) is 6.92 Å². The zero-order chi connectivity index (χ0) is 16.6. The van der Waals surface area contributed by atoms with E-state index < -0.39 is 26.8 Å². The predicted molar refractivity (Wildman–Crippen MR) is 83.5 cm³/mol. The molecular formula is C14H26N2O5S. The van der Waals surface area contributed by atoms with Crippen molar-refractivity contribution in [1.82, 2.24) is 10.8 Å². The van der Waals surface area contributed by atoms with Gasteiger partial charge in [0.15, 0.2) is 20.9 Å². The van der Waals surface area contributed by atoms with E-state index in [1.165, 1.54) is 6.92 Å². The van der Waals surface area contributed by atoms with E-state index in [0.717, 1.165) is 19.1 Å². The maximum absolute atomic E-state index is 12.3. The smallest absolute Gasteiger partial charge is 0.264 e. The van der Waals surface area contributed by atoms with Gasteiger partial charge in [-0.3, -0.25) is 4.79 Å². The molecule has 0 aromatic rings. The van der Waals surface area contributed by atoms with Crippen molar-refractivity contribution in [1.29, 1.82) is 0 Å². The molecule has 0 bridgehead atoms. The van der Waals surface area contributed by atoms with Crippen molar-refractivity contribution in [2.45, 2.75) is 50.6 Å². The Balaban J connectivity index is 2.63. The summed E-state index contributed by atoms with van der Waals surface area (Å²) in [6.45, 7) is 4.19. The first-order chi connectivity index (χ1) is 10.3. The quantitative estimate of drug-likeness (QED) is 0.505. The molecule has 22 heavy (non-hydrogen) atoms. The summed E-state index contributed by atoms with van der Waals surface area (Å²) in [6.07, 6.45) is 6.77. The SMILES string of the molecule is C/C=C\NCCC(C)(C(=O)NOC1CCCCO1)S(C)(=O)=O. The van der Waals surface area contributed by atoms with Crippen molar-refractivity contribution in [3.05, 3.63) is 12.3 Å². The van der Waals surface area contributed by atoms with E-state index in [1.54, 1.807) is 12.3 Å². The zero-order valence-corrected chi connectivity index (χ0v) is 14.2. The van der Waals surface area contributed by atoms with Gasteiger partial charge in [0.1, 0.15) is 0 Å². The van der Waals surface area contributed by atoms with E-state index in [2.05, 4.69) is 10.8 Å². The Kier molecular flexibility index (Phi) is 7.31. The monoisotopic (exact) mass is 334 g/mol. The first-order valence-electron chi connectivity index (χ1n) is 7.43. The third kappa shape index (κ3) is 5.26. The Morgan fingerprint density at radius 3 is 2.73 bits per heavy atom. The lowest BCUT2D eigenvalue weighted by Gasteiger charge is -2.28. The Morgan fingerprint density at radius 2 is 2.18 bits per heavy atom. The summed E-state index contributed by atoms with van der Waals surface area (Å²) in [5.41, 5.74) is 2.25. The summed E-state index contributed by atoms with van der Waals surface area (Å²) in [5.74, 6) is -0.675. The van der Waals surface area contributed by atoms with Gasteiger partial charge in [0.2, 0.25) is 0 Å². The summed E-state index contributed by atoms with van der Waals surface area (Å²) in [5, 5.41) is 2.93. The topological polar surface area (TPSA) is 93.7 Å². The molecule has 7 nitrogen and oxygen atoms in total. The number of hydrogen-bond acceptors (Lipinski definition) is 6. The number of sulfone groups is 1. The van der Waals surface area contributed by atoms with Crippen molar-refractivity contribution in [3.63, 3.8) is 0 Å². The van der Waals surface area contributed by atoms with Gasteiger partial charge < -0.3 is 10.1 Å². The van der Waals surface area contributed by atoms with Crippen molar-refractivity contribution in [3.8, 4) is 0 Å². The second-order valence-electron chi connectivity index (χ2n) is 5.55. The molecular weight excluding hydrogens is 308 g/mol. The molecule has 1 aliphatic heterocycles. The van der Waals surface area contributed by atoms with Gasteiger partial charge in [0, 0.05) is 25.8 Å². The van der Waals surface area contributed by atoms with Crippen molar-refractivity contribution < 1.29 is 22.8 Å². The van der Waals surface area contributed by atoms with Crippen LogP contribution in [0.25, 0.3) is 0 Å². The average molecular weight is 334 g/mol. The number of hydrogen-bond donors (Lipinski definition) is 2. The van der Waals surface area contributed by atoms with Crippen LogP contribution in [0.5, 0.6) is 0 Å². The van der Waals surface area contributed by atoms with Crippen LogP contribution in [-0.2, 0) is 24.2 Å². The molecule has 1 aliphatic rings. The second-order valence-corrected chi connectivity index (χ2v) is 8.00. The highest BCUT2D eigenvalue weighted by Crippen LogP contribution is 2.21. The van der Waals surface area contributed by atoms with Crippen molar-refractivity contribution in [2.24, 2.45) is 0 Å². The molecule has 1 heterocycles. The van der Waals surface area contributed by atoms with Crippen molar-refractivity contribution >= 4 is 15.7 Å². The Labute approximate surface area is 132 Å². The molecule has 1 amide bonds. The molecule has 8 heteroatoms. The number of hydroxylamine groups is 1. The number of carbonyl (C=O) groups excluding carboxylic acids is 1. The number of ether oxygens (including phenoxy) is 1. The van der Waals surface area contributed by atoms with Crippen LogP contribution in [0, 0.1) is 0 Å². The van der Waals surface area contributed by atoms with E-state index in [-0.39, 0.29) is 6.42 Å². The Bertz CT molecular complexity index is 485. The lowest BCUT2D eigenvalue weighted by molar-refractivity contribution is -0.201. The second kappa shape index (κ2) is 8.50. The van der Waals surface area contributed by atoms with Gasteiger partial charge in [-0.25, -0.2) is 18.7 Å². The lowest BCUT2D eigenvalue weighted by Crippen LogP contribution is -2.52. The fraction of sp³-hybridized carbons (Fsp3) is 0.786. The number of amides is 1. The third-order valence-electron chi connectivity index (χ3n) is 3.75. The van der Waals surface area contributed by atoms with E-state index in [4.69, 9.17) is 9.57 Å². The first-order valence-corrected chi connectivity index (χ1v) is 9.32. The van der Waals surface area contributed by atoms with Crippen LogP contribution in [-0.4, -0.2) is 44.8 Å². The minimum absolute atomic E-state index is 0.136. The van der Waals surface area contributed by atoms with Gasteiger partial charge in [-0.1, -0.05) is 6.08 Å². The molecule has 1 rings (SSSR count). The van der Waals surface area contributed by atoms with Crippen LogP contribution in [0.3, 0.4) is 0 Å². The standard InChI is InChI=1S/C14H26N2O5S/c1-4-9-15-10-8-14(2,22(3,18)19)13(17)16-21-12-7-5-6-11-20-12/h4,9,12,15H,5-8,10-11H2,1-3H3,(H,16,17)/b9-4-. The van der Waals surface area contributed by atoms with Crippen LogP contribution in [0.4, 0.5) is 0 Å². The minimum Gasteiger partial charge on any atom is -0.391 e. The number of allylic oxidation sites excluding steroid dienone is 1. The molecule has 0 aromatic carbocycles. The largest absolute Gasteiger partial charge is 0.391 e. The normalized spacial score (nSPS) is 22.2. The van der Waals surface area contributed by atoms with Crippen LogP contribution in [0.2, 0.25) is 0 Å². The van der Waals surface area contributed by atoms with Crippen molar-refractivity contribution in [2.75, 3.05) is 19.4 Å². The Hall–Kier alpha value is -1.12. The van der Waals surface area contributed by atoms with Crippen LogP contribution in [0.1, 0.15) is 39.5 Å². The highest BCUT2D eigenvalue weighted by atomic mass is 32.2. The lowest BCUT2D eigenvalue weighted by atomic mass is 10.1. The summed E-state index contributed by atoms with van der Waals surface area (Å²) >= 11 is 0. The number of rotatable bonds is 8. The molecule has 2 unspecified atom stereocenters. The van der Waals surface area contributed by atoms with Gasteiger partial charge in [0.05, 0.1) is 0 Å². The molecule has 0 radical (unpaired) electrons. The highest BCUT2D eigenvalue weighted by Gasteiger charge is 2.43. The maximum atomic E-state index is 12.3. The predicted octanol–water partition coefficient (Wildman–Crippen LogP) is 0.877. The van der Waals surface area contributed by atoms with E-state index in [0.29, 0.717) is 19.6 Å². The molecule has 0 spiro atoms. The fourth-order valence-corrected chi connectivity index (χ4v) is 2.86. The maximum Gasteiger partial charge on any atom is 0.264 e. The first kappa shape index (κ1) is 18.9. The van der Waals surface area contributed by atoms with Gasteiger partial charge in [0.25, 0.3) is 5.91 Å². The van der Waals surface area contributed by atoms with Gasteiger partial charge in [-0.15, -0.1) is 0 Å². The van der Waals surface area contributed by atoms with Gasteiger partial charge >= 0.3 is 0 Å². The molecule has 0 aromatic heterocycles. The molecule has 128 valence electrons. The zero-order valence-electron chi connectivity index (χ0n) is 13.4. The highest BCUT2D eigenvalue weighted by molar-refractivity contribution is 7.92. The van der Waals surface area contributed by atoms with Gasteiger partial charge in [-0.05, 0) is 39.3 Å². The third-order valence-corrected chi connectivity index (χ3v) is 5.78. The molecule has 2 N–H and O–H groups in total. The van der Waals surface area contributed by atoms with E-state index in [9.17, 15) is 13.2 Å². The summed E-state index contributed by atoms with van der Waals surface area (Å²) in [6, 6.07) is 0. The molecule has 1 fully saturated rings. The molecule has 1 saturated heterocycles.